The second-order valence-electron chi connectivity index (χ2n) is 4.01. The van der Waals surface area contributed by atoms with Crippen molar-refractivity contribution in [2.24, 2.45) is 5.73 Å². The molecule has 5 heteroatoms. The molecule has 1 aliphatic rings. The summed E-state index contributed by atoms with van der Waals surface area (Å²) in [5.74, 6) is 0. The predicted molar refractivity (Wildman–Crippen MR) is 63.8 cm³/mol. The summed E-state index contributed by atoms with van der Waals surface area (Å²) in [4.78, 5) is 2.49. The van der Waals surface area contributed by atoms with E-state index in [9.17, 15) is 0 Å². The van der Waals surface area contributed by atoms with Gasteiger partial charge < -0.3 is 21.7 Å². The summed E-state index contributed by atoms with van der Waals surface area (Å²) >= 11 is 0. The minimum atomic E-state index is 0.358. The Morgan fingerprint density at radius 3 is 2.60 bits per heavy atom. The molecule has 0 aromatic carbocycles. The number of nitrogens with zero attached hydrogens (tertiary/aromatic N) is 1. The van der Waals surface area contributed by atoms with Crippen molar-refractivity contribution in [2.45, 2.75) is 13.1 Å². The van der Waals surface area contributed by atoms with Crippen LogP contribution in [0.2, 0.25) is 0 Å². The molecule has 1 fully saturated rings. The van der Waals surface area contributed by atoms with Crippen molar-refractivity contribution >= 4 is 0 Å². The lowest BCUT2D eigenvalue weighted by Crippen LogP contribution is -2.48. The molecule has 1 atom stereocenters. The first-order valence-electron chi connectivity index (χ1n) is 5.93. The van der Waals surface area contributed by atoms with Gasteiger partial charge in [-0.1, -0.05) is 0 Å². The minimum absolute atomic E-state index is 0.358. The van der Waals surface area contributed by atoms with Gasteiger partial charge in [0.05, 0.1) is 6.17 Å². The van der Waals surface area contributed by atoms with Crippen molar-refractivity contribution in [3.05, 3.63) is 0 Å². The van der Waals surface area contributed by atoms with Crippen LogP contribution in [0.4, 0.5) is 0 Å². The number of hydrogen-bond acceptors (Lipinski definition) is 5. The zero-order valence-electron chi connectivity index (χ0n) is 9.76. The summed E-state index contributed by atoms with van der Waals surface area (Å²) in [6.07, 6.45) is 0.358. The highest BCUT2D eigenvalue weighted by molar-refractivity contribution is 4.69. The summed E-state index contributed by atoms with van der Waals surface area (Å²) in [7, 11) is 0. The number of rotatable bonds is 7. The first kappa shape index (κ1) is 12.9. The molecule has 1 heterocycles. The van der Waals surface area contributed by atoms with Gasteiger partial charge in [0.1, 0.15) is 0 Å². The average molecular weight is 215 g/mol. The van der Waals surface area contributed by atoms with Crippen molar-refractivity contribution in [3.63, 3.8) is 0 Å². The van der Waals surface area contributed by atoms with Gasteiger partial charge in [0.25, 0.3) is 0 Å². The van der Waals surface area contributed by atoms with E-state index in [0.29, 0.717) is 12.7 Å². The molecule has 0 spiro atoms. The maximum atomic E-state index is 5.42. The Morgan fingerprint density at radius 2 is 1.93 bits per heavy atom. The highest BCUT2D eigenvalue weighted by Crippen LogP contribution is 1.90. The fourth-order valence-corrected chi connectivity index (χ4v) is 1.75. The van der Waals surface area contributed by atoms with Crippen LogP contribution in [0.3, 0.4) is 0 Å². The molecule has 0 aliphatic carbocycles. The van der Waals surface area contributed by atoms with Gasteiger partial charge in [0, 0.05) is 52.4 Å². The first-order chi connectivity index (χ1) is 7.33. The summed E-state index contributed by atoms with van der Waals surface area (Å²) in [5.41, 5.74) is 5.42. The summed E-state index contributed by atoms with van der Waals surface area (Å²) in [6, 6.07) is 0. The zero-order chi connectivity index (χ0) is 10.9. The third kappa shape index (κ3) is 6.06. The van der Waals surface area contributed by atoms with Gasteiger partial charge in [-0.3, -0.25) is 4.90 Å². The minimum Gasteiger partial charge on any atom is -0.329 e. The maximum absolute atomic E-state index is 5.42. The molecule has 1 saturated heterocycles. The van der Waals surface area contributed by atoms with E-state index < -0.39 is 0 Å². The van der Waals surface area contributed by atoms with Crippen LogP contribution in [0.15, 0.2) is 0 Å². The van der Waals surface area contributed by atoms with Gasteiger partial charge in [-0.2, -0.15) is 0 Å². The SMILES string of the molecule is CC(NCCN)NCCN1CCNCC1. The monoisotopic (exact) mass is 215 g/mol. The van der Waals surface area contributed by atoms with Gasteiger partial charge in [-0.05, 0) is 6.92 Å². The Kier molecular flexibility index (Phi) is 6.87. The molecule has 5 nitrogen and oxygen atoms in total. The fraction of sp³-hybridized carbons (Fsp3) is 1.00. The maximum Gasteiger partial charge on any atom is 0.0543 e. The highest BCUT2D eigenvalue weighted by atomic mass is 15.2. The van der Waals surface area contributed by atoms with Gasteiger partial charge in [-0.25, -0.2) is 0 Å². The molecule has 0 radical (unpaired) electrons. The van der Waals surface area contributed by atoms with E-state index in [2.05, 4.69) is 27.8 Å². The number of hydrogen-bond donors (Lipinski definition) is 4. The molecule has 1 rings (SSSR count). The largest absolute Gasteiger partial charge is 0.329 e. The van der Waals surface area contributed by atoms with Crippen molar-refractivity contribution in [1.82, 2.24) is 20.9 Å². The number of nitrogens with two attached hydrogens (primary N) is 1. The number of piperazine rings is 1. The Balaban J connectivity index is 1.94. The molecule has 0 aromatic rings. The van der Waals surface area contributed by atoms with Crippen LogP contribution in [0.1, 0.15) is 6.92 Å². The van der Waals surface area contributed by atoms with Crippen LogP contribution in [0.25, 0.3) is 0 Å². The van der Waals surface area contributed by atoms with Gasteiger partial charge in [-0.15, -0.1) is 0 Å². The van der Waals surface area contributed by atoms with E-state index in [0.717, 1.165) is 32.7 Å². The Labute approximate surface area is 92.8 Å². The Morgan fingerprint density at radius 1 is 1.27 bits per heavy atom. The van der Waals surface area contributed by atoms with Crippen LogP contribution >= 0.6 is 0 Å². The van der Waals surface area contributed by atoms with Crippen molar-refractivity contribution in [2.75, 3.05) is 52.4 Å². The van der Waals surface area contributed by atoms with Gasteiger partial charge in [0.2, 0.25) is 0 Å². The lowest BCUT2D eigenvalue weighted by atomic mass is 10.3. The standard InChI is InChI=1S/C10H25N5/c1-10(13-3-2-11)14-6-9-15-7-4-12-5-8-15/h10,12-14H,2-9,11H2,1H3. The fourth-order valence-electron chi connectivity index (χ4n) is 1.75. The lowest BCUT2D eigenvalue weighted by molar-refractivity contribution is 0.236. The molecule has 5 N–H and O–H groups in total. The molecule has 90 valence electrons. The van der Waals surface area contributed by atoms with E-state index >= 15 is 0 Å². The molecule has 0 bridgehead atoms. The molecule has 0 amide bonds. The molecular weight excluding hydrogens is 190 g/mol. The smallest absolute Gasteiger partial charge is 0.0543 e. The molecule has 1 unspecified atom stereocenters. The molecule has 1 aliphatic heterocycles. The number of nitrogens with one attached hydrogen (secondary N) is 3. The van der Waals surface area contributed by atoms with Gasteiger partial charge >= 0.3 is 0 Å². The first-order valence-corrected chi connectivity index (χ1v) is 5.93. The Hall–Kier alpha value is -0.200. The normalized spacial score (nSPS) is 20.4. The van der Waals surface area contributed by atoms with E-state index in [-0.39, 0.29) is 0 Å². The summed E-state index contributed by atoms with van der Waals surface area (Å²) < 4.78 is 0. The second-order valence-corrected chi connectivity index (χ2v) is 4.01. The molecule has 15 heavy (non-hydrogen) atoms. The van der Waals surface area contributed by atoms with Crippen molar-refractivity contribution in [1.29, 1.82) is 0 Å². The third-order valence-corrected chi connectivity index (χ3v) is 2.68. The van der Waals surface area contributed by atoms with Crippen molar-refractivity contribution < 1.29 is 0 Å². The van der Waals surface area contributed by atoms with Crippen LogP contribution in [0.5, 0.6) is 0 Å². The van der Waals surface area contributed by atoms with Crippen LogP contribution in [0, 0.1) is 0 Å². The lowest BCUT2D eigenvalue weighted by Gasteiger charge is -2.27. The van der Waals surface area contributed by atoms with E-state index in [1.165, 1.54) is 13.1 Å². The molecule has 0 saturated carbocycles. The van der Waals surface area contributed by atoms with Crippen molar-refractivity contribution in [3.8, 4) is 0 Å². The summed E-state index contributed by atoms with van der Waals surface area (Å²) in [6.45, 7) is 10.5. The van der Waals surface area contributed by atoms with E-state index in [1.54, 1.807) is 0 Å². The van der Waals surface area contributed by atoms with Gasteiger partial charge in [0.15, 0.2) is 0 Å². The quantitative estimate of drug-likeness (QED) is 0.384. The van der Waals surface area contributed by atoms with Crippen LogP contribution in [-0.4, -0.2) is 63.4 Å². The molecular formula is C10H25N5. The predicted octanol–water partition coefficient (Wildman–Crippen LogP) is -1.62. The zero-order valence-corrected chi connectivity index (χ0v) is 9.76. The topological polar surface area (TPSA) is 65.3 Å². The molecule has 0 aromatic heterocycles. The average Bonchev–Trinajstić information content (AvgIpc) is 2.28. The van der Waals surface area contributed by atoms with E-state index in [1.807, 2.05) is 0 Å². The van der Waals surface area contributed by atoms with Crippen LogP contribution < -0.4 is 21.7 Å². The highest BCUT2D eigenvalue weighted by Gasteiger charge is 2.08. The third-order valence-electron chi connectivity index (χ3n) is 2.68. The Bertz CT molecular complexity index is 147. The van der Waals surface area contributed by atoms with E-state index in [4.69, 9.17) is 5.73 Å². The summed E-state index contributed by atoms with van der Waals surface area (Å²) in [5, 5.41) is 10.1. The second kappa shape index (κ2) is 8.01. The van der Waals surface area contributed by atoms with Crippen LogP contribution in [-0.2, 0) is 0 Å².